The quantitative estimate of drug-likeness (QED) is 0.651. The van der Waals surface area contributed by atoms with Crippen molar-refractivity contribution in [1.29, 1.82) is 5.26 Å². The molecule has 2 aromatic carbocycles. The first-order chi connectivity index (χ1) is 9.95. The first-order valence-corrected chi connectivity index (χ1v) is 7.29. The smallest absolute Gasteiger partial charge is 0.187 e. The molecule has 0 N–H and O–H groups in total. The molecule has 106 valence electrons. The van der Waals surface area contributed by atoms with E-state index in [2.05, 4.69) is 0 Å². The fourth-order valence-electron chi connectivity index (χ4n) is 1.85. The van der Waals surface area contributed by atoms with Gasteiger partial charge in [0, 0.05) is 0 Å². The predicted molar refractivity (Wildman–Crippen MR) is 85.6 cm³/mol. The van der Waals surface area contributed by atoms with E-state index in [-0.39, 0.29) is 20.6 Å². The van der Waals surface area contributed by atoms with Crippen LogP contribution in [0.15, 0.2) is 36.4 Å². The molecule has 0 heterocycles. The Morgan fingerprint density at radius 2 is 1.57 bits per heavy atom. The van der Waals surface area contributed by atoms with Crippen molar-refractivity contribution in [2.45, 2.75) is 5.92 Å². The molecular weight excluding hydrogens is 352 g/mol. The summed E-state index contributed by atoms with van der Waals surface area (Å²) in [5, 5.41) is 10.3. The molecule has 6 heteroatoms. The third-order valence-electron chi connectivity index (χ3n) is 2.88. The van der Waals surface area contributed by atoms with Crippen molar-refractivity contribution < 1.29 is 4.79 Å². The number of benzene rings is 2. The Morgan fingerprint density at radius 3 is 2.10 bits per heavy atom. The lowest BCUT2D eigenvalue weighted by Gasteiger charge is -2.12. The molecule has 0 amide bonds. The standard InChI is InChI=1S/C15H7Cl4NO/c16-10-5-4-8(6-13(10)19)9(7-20)15(21)14-11(17)2-1-3-12(14)18/h1-6,9H. The van der Waals surface area contributed by atoms with Crippen LogP contribution in [0.5, 0.6) is 0 Å². The van der Waals surface area contributed by atoms with Gasteiger partial charge in [-0.15, -0.1) is 0 Å². The van der Waals surface area contributed by atoms with Crippen molar-refractivity contribution in [2.24, 2.45) is 0 Å². The van der Waals surface area contributed by atoms with Gasteiger partial charge in [0.25, 0.3) is 0 Å². The maximum atomic E-state index is 12.5. The molecule has 0 spiro atoms. The maximum absolute atomic E-state index is 12.5. The monoisotopic (exact) mass is 357 g/mol. The predicted octanol–water partition coefficient (Wildman–Crippen LogP) is 5.79. The van der Waals surface area contributed by atoms with E-state index >= 15 is 0 Å². The zero-order chi connectivity index (χ0) is 15.6. The third kappa shape index (κ3) is 3.33. The normalized spacial score (nSPS) is 11.8. The molecule has 0 fully saturated rings. The van der Waals surface area contributed by atoms with E-state index in [1.165, 1.54) is 12.1 Å². The minimum absolute atomic E-state index is 0.124. The molecule has 0 aliphatic rings. The van der Waals surface area contributed by atoms with Gasteiger partial charge in [-0.05, 0) is 29.8 Å². The van der Waals surface area contributed by atoms with Gasteiger partial charge in [-0.1, -0.05) is 58.5 Å². The van der Waals surface area contributed by atoms with Gasteiger partial charge in [0.2, 0.25) is 0 Å². The van der Waals surface area contributed by atoms with Crippen LogP contribution in [-0.2, 0) is 0 Å². The van der Waals surface area contributed by atoms with Crippen molar-refractivity contribution in [1.82, 2.24) is 0 Å². The zero-order valence-electron chi connectivity index (χ0n) is 10.4. The van der Waals surface area contributed by atoms with E-state index < -0.39 is 11.7 Å². The largest absolute Gasteiger partial charge is 0.292 e. The van der Waals surface area contributed by atoms with E-state index in [9.17, 15) is 10.1 Å². The highest BCUT2D eigenvalue weighted by Gasteiger charge is 2.26. The van der Waals surface area contributed by atoms with Crippen LogP contribution < -0.4 is 0 Å². The highest BCUT2D eigenvalue weighted by molar-refractivity contribution is 6.42. The van der Waals surface area contributed by atoms with Gasteiger partial charge in [-0.3, -0.25) is 4.79 Å². The van der Waals surface area contributed by atoms with Crippen molar-refractivity contribution in [3.8, 4) is 6.07 Å². The molecule has 2 aromatic rings. The number of Topliss-reactive ketones (excluding diaryl/α,β-unsaturated/α-hetero) is 1. The van der Waals surface area contributed by atoms with Gasteiger partial charge < -0.3 is 0 Å². The zero-order valence-corrected chi connectivity index (χ0v) is 13.4. The van der Waals surface area contributed by atoms with Crippen molar-refractivity contribution in [2.75, 3.05) is 0 Å². The van der Waals surface area contributed by atoms with Gasteiger partial charge >= 0.3 is 0 Å². The van der Waals surface area contributed by atoms with Gasteiger partial charge in [0.05, 0.1) is 31.7 Å². The minimum atomic E-state index is -1.06. The first-order valence-electron chi connectivity index (χ1n) is 5.78. The van der Waals surface area contributed by atoms with E-state index in [4.69, 9.17) is 46.4 Å². The van der Waals surface area contributed by atoms with Crippen LogP contribution in [0.2, 0.25) is 20.1 Å². The number of carbonyl (C=O) groups is 1. The molecule has 0 radical (unpaired) electrons. The topological polar surface area (TPSA) is 40.9 Å². The molecule has 21 heavy (non-hydrogen) atoms. The summed E-state index contributed by atoms with van der Waals surface area (Å²) in [4.78, 5) is 12.5. The van der Waals surface area contributed by atoms with Crippen LogP contribution in [0.25, 0.3) is 0 Å². The average molecular weight is 359 g/mol. The van der Waals surface area contributed by atoms with E-state index in [1.54, 1.807) is 24.3 Å². The summed E-state index contributed by atoms with van der Waals surface area (Å²) in [7, 11) is 0. The molecule has 0 saturated carbocycles. The SMILES string of the molecule is N#CC(C(=O)c1c(Cl)cccc1Cl)c1ccc(Cl)c(Cl)c1. The van der Waals surface area contributed by atoms with Crippen LogP contribution in [0, 0.1) is 11.3 Å². The second kappa shape index (κ2) is 6.68. The summed E-state index contributed by atoms with van der Waals surface area (Å²) >= 11 is 23.8. The number of hydrogen-bond donors (Lipinski definition) is 0. The lowest BCUT2D eigenvalue weighted by molar-refractivity contribution is 0.0979. The molecule has 1 unspecified atom stereocenters. The Morgan fingerprint density at radius 1 is 0.952 bits per heavy atom. The lowest BCUT2D eigenvalue weighted by Crippen LogP contribution is -2.12. The number of hydrogen-bond acceptors (Lipinski definition) is 2. The molecule has 1 atom stereocenters. The summed E-state index contributed by atoms with van der Waals surface area (Å²) in [5.74, 6) is -1.54. The van der Waals surface area contributed by atoms with Crippen LogP contribution in [0.1, 0.15) is 21.8 Å². The summed E-state index contributed by atoms with van der Waals surface area (Å²) in [6.07, 6.45) is 0. The van der Waals surface area contributed by atoms with Gasteiger partial charge in [0.15, 0.2) is 5.78 Å². The highest BCUT2D eigenvalue weighted by Crippen LogP contribution is 2.32. The Bertz CT molecular complexity index is 732. The second-order valence-electron chi connectivity index (χ2n) is 4.20. The third-order valence-corrected chi connectivity index (χ3v) is 4.25. The maximum Gasteiger partial charge on any atom is 0.187 e. The molecular formula is C15H7Cl4NO. The fraction of sp³-hybridized carbons (Fsp3) is 0.0667. The van der Waals surface area contributed by atoms with Crippen LogP contribution in [-0.4, -0.2) is 5.78 Å². The van der Waals surface area contributed by atoms with Crippen LogP contribution >= 0.6 is 46.4 Å². The molecule has 2 rings (SSSR count). The average Bonchev–Trinajstić information content (AvgIpc) is 2.43. The van der Waals surface area contributed by atoms with Crippen molar-refractivity contribution in [3.63, 3.8) is 0 Å². The number of nitriles is 1. The molecule has 0 aliphatic carbocycles. The second-order valence-corrected chi connectivity index (χ2v) is 5.83. The molecule has 0 aromatic heterocycles. The molecule has 2 nitrogen and oxygen atoms in total. The number of ketones is 1. The van der Waals surface area contributed by atoms with E-state index in [1.807, 2.05) is 6.07 Å². The number of rotatable bonds is 3. The molecule has 0 aliphatic heterocycles. The van der Waals surface area contributed by atoms with Crippen LogP contribution in [0.3, 0.4) is 0 Å². The molecule has 0 saturated heterocycles. The van der Waals surface area contributed by atoms with Crippen LogP contribution in [0.4, 0.5) is 0 Å². The van der Waals surface area contributed by atoms with E-state index in [0.29, 0.717) is 10.6 Å². The lowest BCUT2D eigenvalue weighted by atomic mass is 9.92. The number of carbonyl (C=O) groups excluding carboxylic acids is 1. The van der Waals surface area contributed by atoms with E-state index in [0.717, 1.165) is 0 Å². The Kier molecular flexibility index (Phi) is 5.13. The first kappa shape index (κ1) is 16.1. The highest BCUT2D eigenvalue weighted by atomic mass is 35.5. The van der Waals surface area contributed by atoms with Gasteiger partial charge in [0.1, 0.15) is 5.92 Å². The summed E-state index contributed by atoms with van der Waals surface area (Å²) in [5.41, 5.74) is 0.561. The molecule has 0 bridgehead atoms. The summed E-state index contributed by atoms with van der Waals surface area (Å²) < 4.78 is 0. The Labute approximate surface area is 141 Å². The number of nitrogens with zero attached hydrogens (tertiary/aromatic N) is 1. The fourth-order valence-corrected chi connectivity index (χ4v) is 2.74. The van der Waals surface area contributed by atoms with Crippen molar-refractivity contribution in [3.05, 3.63) is 67.6 Å². The number of halogens is 4. The summed E-state index contributed by atoms with van der Waals surface area (Å²) in [6, 6.07) is 11.3. The van der Waals surface area contributed by atoms with Gasteiger partial charge in [-0.25, -0.2) is 0 Å². The Balaban J connectivity index is 2.49. The minimum Gasteiger partial charge on any atom is -0.292 e. The summed E-state index contributed by atoms with van der Waals surface area (Å²) in [6.45, 7) is 0. The Hall–Kier alpha value is -1.24. The van der Waals surface area contributed by atoms with Crippen molar-refractivity contribution >= 4 is 52.2 Å². The van der Waals surface area contributed by atoms with Gasteiger partial charge in [-0.2, -0.15) is 5.26 Å².